The first-order valence-corrected chi connectivity index (χ1v) is 7.25. The van der Waals surface area contributed by atoms with Crippen LogP contribution in [0.5, 0.6) is 5.75 Å². The van der Waals surface area contributed by atoms with Crippen LogP contribution in [0.2, 0.25) is 5.02 Å². The van der Waals surface area contributed by atoms with E-state index in [1.165, 1.54) is 11.1 Å². The van der Waals surface area contributed by atoms with Crippen molar-refractivity contribution in [1.29, 1.82) is 0 Å². The highest BCUT2D eigenvalue weighted by Gasteiger charge is 2.22. The number of benzene rings is 1. The van der Waals surface area contributed by atoms with E-state index in [4.69, 9.17) is 16.3 Å². The lowest BCUT2D eigenvalue weighted by Gasteiger charge is -2.20. The molecular formula is C15H18ClN3O. The summed E-state index contributed by atoms with van der Waals surface area (Å²) >= 11 is 6.29. The summed E-state index contributed by atoms with van der Waals surface area (Å²) in [7, 11) is 1.92. The molecule has 0 amide bonds. The molecule has 0 saturated heterocycles. The van der Waals surface area contributed by atoms with E-state index in [9.17, 15) is 0 Å². The van der Waals surface area contributed by atoms with E-state index in [0.717, 1.165) is 31.0 Å². The summed E-state index contributed by atoms with van der Waals surface area (Å²) in [6, 6.07) is 6.40. The molecule has 1 aromatic heterocycles. The predicted molar refractivity (Wildman–Crippen MR) is 79.4 cm³/mol. The maximum atomic E-state index is 6.29. The van der Waals surface area contributed by atoms with Gasteiger partial charge in [-0.2, -0.15) is 5.10 Å². The highest BCUT2D eigenvalue weighted by molar-refractivity contribution is 6.31. The van der Waals surface area contributed by atoms with Crippen molar-refractivity contribution in [2.45, 2.75) is 19.4 Å². The summed E-state index contributed by atoms with van der Waals surface area (Å²) < 4.78 is 7.40. The zero-order valence-electron chi connectivity index (χ0n) is 11.7. The summed E-state index contributed by atoms with van der Waals surface area (Å²) in [4.78, 5) is 0. The van der Waals surface area contributed by atoms with Gasteiger partial charge in [0.15, 0.2) is 0 Å². The number of hydrogen-bond donors (Lipinski definition) is 1. The molecule has 0 saturated carbocycles. The molecule has 2 heterocycles. The Labute approximate surface area is 123 Å². The summed E-state index contributed by atoms with van der Waals surface area (Å²) in [5.74, 6) is 1.00. The number of aryl methyl sites for hydroxylation is 1. The largest absolute Gasteiger partial charge is 0.493 e. The van der Waals surface area contributed by atoms with Crippen LogP contribution in [0.15, 0.2) is 24.4 Å². The van der Waals surface area contributed by atoms with E-state index >= 15 is 0 Å². The van der Waals surface area contributed by atoms with E-state index < -0.39 is 0 Å². The second-order valence-corrected chi connectivity index (χ2v) is 5.36. The maximum Gasteiger partial charge on any atom is 0.122 e. The van der Waals surface area contributed by atoms with Crippen LogP contribution in [0.3, 0.4) is 0 Å². The minimum atomic E-state index is 0.0471. The molecule has 0 bridgehead atoms. The molecule has 20 heavy (non-hydrogen) atoms. The van der Waals surface area contributed by atoms with E-state index in [2.05, 4.69) is 29.5 Å². The molecule has 1 aliphatic heterocycles. The number of aromatic nitrogens is 2. The van der Waals surface area contributed by atoms with Crippen molar-refractivity contribution < 1.29 is 4.74 Å². The van der Waals surface area contributed by atoms with Gasteiger partial charge in [0.1, 0.15) is 5.75 Å². The third-order valence-electron chi connectivity index (χ3n) is 3.67. The monoisotopic (exact) mass is 291 g/mol. The summed E-state index contributed by atoms with van der Waals surface area (Å²) in [5, 5.41) is 8.42. The third kappa shape index (κ3) is 2.30. The molecule has 0 aliphatic carbocycles. The molecule has 1 aliphatic rings. The van der Waals surface area contributed by atoms with Gasteiger partial charge < -0.3 is 10.1 Å². The van der Waals surface area contributed by atoms with Crippen LogP contribution in [-0.2, 0) is 13.5 Å². The first-order valence-electron chi connectivity index (χ1n) is 6.87. The summed E-state index contributed by atoms with van der Waals surface area (Å²) in [5.41, 5.74) is 3.46. The first kappa shape index (κ1) is 13.5. The van der Waals surface area contributed by atoms with Gasteiger partial charge in [-0.05, 0) is 23.7 Å². The van der Waals surface area contributed by atoms with Gasteiger partial charge >= 0.3 is 0 Å². The Morgan fingerprint density at radius 2 is 2.35 bits per heavy atom. The molecule has 2 aromatic rings. The Morgan fingerprint density at radius 1 is 1.50 bits per heavy atom. The van der Waals surface area contributed by atoms with Crippen LogP contribution in [-0.4, -0.2) is 22.9 Å². The zero-order chi connectivity index (χ0) is 14.1. The second kappa shape index (κ2) is 5.46. The Bertz CT molecular complexity index is 604. The topological polar surface area (TPSA) is 39.1 Å². The van der Waals surface area contributed by atoms with Crippen molar-refractivity contribution in [3.05, 3.63) is 46.2 Å². The summed E-state index contributed by atoms with van der Waals surface area (Å²) in [6.07, 6.45) is 2.67. The minimum Gasteiger partial charge on any atom is -0.493 e. The van der Waals surface area contributed by atoms with E-state index in [0.29, 0.717) is 5.02 Å². The van der Waals surface area contributed by atoms with Crippen LogP contribution in [0.25, 0.3) is 0 Å². The van der Waals surface area contributed by atoms with Crippen molar-refractivity contribution in [3.63, 3.8) is 0 Å². The molecule has 1 unspecified atom stereocenters. The van der Waals surface area contributed by atoms with Gasteiger partial charge in [-0.25, -0.2) is 0 Å². The number of ether oxygens (including phenoxy) is 1. The fourth-order valence-corrected chi connectivity index (χ4v) is 2.98. The maximum absolute atomic E-state index is 6.29. The molecule has 0 radical (unpaired) electrons. The average Bonchev–Trinajstić information content (AvgIpc) is 3.03. The van der Waals surface area contributed by atoms with Gasteiger partial charge in [0, 0.05) is 13.5 Å². The van der Waals surface area contributed by atoms with E-state index in [-0.39, 0.29) is 6.04 Å². The van der Waals surface area contributed by atoms with Crippen molar-refractivity contribution in [1.82, 2.24) is 15.1 Å². The number of rotatable bonds is 4. The Hall–Kier alpha value is -1.52. The van der Waals surface area contributed by atoms with Gasteiger partial charge in [0.05, 0.1) is 29.6 Å². The number of nitrogens with one attached hydrogen (secondary N) is 1. The first-order chi connectivity index (χ1) is 9.70. The fraction of sp³-hybridized carbons (Fsp3) is 0.400. The Morgan fingerprint density at radius 3 is 3.05 bits per heavy atom. The predicted octanol–water partition coefficient (Wildman–Crippen LogP) is 2.71. The van der Waals surface area contributed by atoms with Gasteiger partial charge in [0.25, 0.3) is 0 Å². The van der Waals surface area contributed by atoms with Crippen molar-refractivity contribution in [3.8, 4) is 5.75 Å². The summed E-state index contributed by atoms with van der Waals surface area (Å²) in [6.45, 7) is 3.73. The fourth-order valence-electron chi connectivity index (χ4n) is 2.71. The van der Waals surface area contributed by atoms with Crippen LogP contribution < -0.4 is 10.1 Å². The van der Waals surface area contributed by atoms with Crippen LogP contribution in [0.1, 0.15) is 29.8 Å². The third-order valence-corrected chi connectivity index (χ3v) is 3.96. The molecule has 1 aromatic carbocycles. The molecule has 4 nitrogen and oxygen atoms in total. The highest BCUT2D eigenvalue weighted by atomic mass is 35.5. The molecule has 5 heteroatoms. The molecule has 0 fully saturated rings. The quantitative estimate of drug-likeness (QED) is 0.941. The zero-order valence-corrected chi connectivity index (χ0v) is 12.4. The SMILES string of the molecule is CCNC(c1ccc2c(c1)CCO2)c1c(Cl)cnn1C. The highest BCUT2D eigenvalue weighted by Crippen LogP contribution is 2.32. The molecular weight excluding hydrogens is 274 g/mol. The van der Waals surface area contributed by atoms with E-state index in [1.54, 1.807) is 6.20 Å². The normalized spacial score (nSPS) is 14.9. The van der Waals surface area contributed by atoms with Crippen LogP contribution in [0.4, 0.5) is 0 Å². The van der Waals surface area contributed by atoms with Gasteiger partial charge in [0.2, 0.25) is 0 Å². The average molecular weight is 292 g/mol. The van der Waals surface area contributed by atoms with Gasteiger partial charge in [-0.3, -0.25) is 4.68 Å². The standard InChI is InChI=1S/C15H18ClN3O/c1-3-17-14(15-12(16)9-18-19(15)2)11-4-5-13-10(8-11)6-7-20-13/h4-5,8-9,14,17H,3,6-7H2,1-2H3. The molecule has 3 rings (SSSR count). The van der Waals surface area contributed by atoms with Crippen LogP contribution >= 0.6 is 11.6 Å². The lowest BCUT2D eigenvalue weighted by molar-refractivity contribution is 0.357. The van der Waals surface area contributed by atoms with Crippen molar-refractivity contribution >= 4 is 11.6 Å². The smallest absolute Gasteiger partial charge is 0.122 e. The van der Waals surface area contributed by atoms with Crippen LogP contribution in [0, 0.1) is 0 Å². The van der Waals surface area contributed by atoms with E-state index in [1.807, 2.05) is 17.8 Å². The number of fused-ring (bicyclic) bond motifs is 1. The number of halogens is 1. The number of nitrogens with zero attached hydrogens (tertiary/aromatic N) is 2. The molecule has 0 spiro atoms. The Balaban J connectivity index is 2.03. The Kier molecular flexibility index (Phi) is 3.68. The van der Waals surface area contributed by atoms with Gasteiger partial charge in [-0.1, -0.05) is 30.7 Å². The number of hydrogen-bond acceptors (Lipinski definition) is 3. The van der Waals surface area contributed by atoms with Gasteiger partial charge in [-0.15, -0.1) is 0 Å². The molecule has 1 N–H and O–H groups in total. The molecule has 106 valence electrons. The minimum absolute atomic E-state index is 0.0471. The lowest BCUT2D eigenvalue weighted by atomic mass is 10.00. The lowest BCUT2D eigenvalue weighted by Crippen LogP contribution is -2.24. The second-order valence-electron chi connectivity index (χ2n) is 4.96. The van der Waals surface area contributed by atoms with Crippen molar-refractivity contribution in [2.24, 2.45) is 7.05 Å². The van der Waals surface area contributed by atoms with Crippen molar-refractivity contribution in [2.75, 3.05) is 13.2 Å². The molecule has 1 atom stereocenters.